The predicted molar refractivity (Wildman–Crippen MR) is 81.8 cm³/mol. The number of benzene rings is 1. The second kappa shape index (κ2) is 5.77. The number of furan rings is 1. The van der Waals surface area contributed by atoms with Gasteiger partial charge in [0, 0.05) is 16.7 Å². The third-order valence-corrected chi connectivity index (χ3v) is 4.64. The minimum atomic E-state index is -1.26. The molecule has 2 aromatic rings. The average Bonchev–Trinajstić information content (AvgIpc) is 2.76. The van der Waals surface area contributed by atoms with Crippen molar-refractivity contribution in [1.82, 2.24) is 4.72 Å². The Morgan fingerprint density at radius 2 is 2.05 bits per heavy atom. The maximum Gasteiger partial charge on any atom is 0.136 e. The smallest absolute Gasteiger partial charge is 0.136 e. The minimum Gasteiger partial charge on any atom is -0.598 e. The zero-order valence-corrected chi connectivity index (χ0v) is 13.1. The highest BCUT2D eigenvalue weighted by atomic mass is 32.2. The van der Waals surface area contributed by atoms with Crippen LogP contribution in [0.3, 0.4) is 0 Å². The van der Waals surface area contributed by atoms with Gasteiger partial charge in [-0.05, 0) is 45.4 Å². The molecule has 0 saturated heterocycles. The van der Waals surface area contributed by atoms with E-state index in [0.29, 0.717) is 5.76 Å². The molecule has 0 aliphatic carbocycles. The molecule has 1 heterocycles. The molecule has 1 aromatic carbocycles. The highest BCUT2D eigenvalue weighted by molar-refractivity contribution is 7.90. The van der Waals surface area contributed by atoms with Crippen LogP contribution in [0, 0.1) is 6.92 Å². The number of aryl methyl sites for hydroxylation is 1. The van der Waals surface area contributed by atoms with Gasteiger partial charge in [0.15, 0.2) is 0 Å². The van der Waals surface area contributed by atoms with Crippen molar-refractivity contribution in [3.05, 3.63) is 35.6 Å². The van der Waals surface area contributed by atoms with Gasteiger partial charge >= 0.3 is 0 Å². The number of fused-ring (bicyclic) bond motifs is 1. The number of hydrogen-bond donors (Lipinski definition) is 2. The van der Waals surface area contributed by atoms with Crippen LogP contribution >= 0.6 is 0 Å². The van der Waals surface area contributed by atoms with E-state index in [1.807, 2.05) is 52.0 Å². The van der Waals surface area contributed by atoms with E-state index in [1.165, 1.54) is 0 Å². The first-order chi connectivity index (χ1) is 9.31. The van der Waals surface area contributed by atoms with E-state index in [4.69, 9.17) is 4.42 Å². The molecule has 20 heavy (non-hydrogen) atoms. The minimum absolute atomic E-state index is 0.166. The van der Waals surface area contributed by atoms with E-state index < -0.39 is 22.2 Å². The summed E-state index contributed by atoms with van der Waals surface area (Å²) in [7, 11) is 0. The lowest BCUT2D eigenvalue weighted by atomic mass is 10.2. The van der Waals surface area contributed by atoms with E-state index in [1.54, 1.807) is 0 Å². The zero-order valence-electron chi connectivity index (χ0n) is 12.3. The summed E-state index contributed by atoms with van der Waals surface area (Å²) in [6.45, 7) is 7.48. The van der Waals surface area contributed by atoms with Crippen LogP contribution in [0.15, 0.2) is 28.7 Å². The third kappa shape index (κ3) is 3.35. The Labute approximate surface area is 122 Å². The van der Waals surface area contributed by atoms with E-state index in [9.17, 15) is 9.66 Å². The van der Waals surface area contributed by atoms with Gasteiger partial charge in [-0.2, -0.15) is 0 Å². The molecule has 0 spiro atoms. The van der Waals surface area contributed by atoms with Crippen LogP contribution in [-0.4, -0.2) is 21.0 Å². The molecule has 2 atom stereocenters. The Kier molecular flexibility index (Phi) is 4.44. The van der Waals surface area contributed by atoms with Crippen molar-refractivity contribution in [3.63, 3.8) is 0 Å². The zero-order chi connectivity index (χ0) is 14.9. The molecule has 0 bridgehead atoms. The molecule has 0 saturated carbocycles. The van der Waals surface area contributed by atoms with Crippen molar-refractivity contribution in [2.24, 2.45) is 0 Å². The van der Waals surface area contributed by atoms with Gasteiger partial charge in [0.25, 0.3) is 0 Å². The summed E-state index contributed by atoms with van der Waals surface area (Å²) in [5.41, 5.74) is 1.90. The van der Waals surface area contributed by atoms with Crippen molar-refractivity contribution >= 4 is 22.3 Å². The lowest BCUT2D eigenvalue weighted by Crippen LogP contribution is -2.42. The monoisotopic (exact) mass is 295 g/mol. The first-order valence-electron chi connectivity index (χ1n) is 6.60. The van der Waals surface area contributed by atoms with E-state index in [0.717, 1.165) is 16.5 Å². The fourth-order valence-electron chi connectivity index (χ4n) is 1.82. The van der Waals surface area contributed by atoms with E-state index in [-0.39, 0.29) is 6.61 Å². The standard InChI is InChI=1S/C15H21NO3S/c1-10-5-6-11-8-14(19-13(11)7-10)12(9-17)16-20(18)15(2,3)4/h5-8,12,16-17H,9H2,1-4H3/t12-,20?/m1/s1. The van der Waals surface area contributed by atoms with Crippen molar-refractivity contribution < 1.29 is 14.1 Å². The molecule has 0 fully saturated rings. The third-order valence-electron chi connectivity index (χ3n) is 3.03. The predicted octanol–water partition coefficient (Wildman–Crippen LogP) is 2.83. The number of aliphatic hydroxyl groups is 1. The first kappa shape index (κ1) is 15.4. The summed E-state index contributed by atoms with van der Waals surface area (Å²) in [5.74, 6) is 0.603. The van der Waals surface area contributed by atoms with Crippen molar-refractivity contribution in [1.29, 1.82) is 0 Å². The number of nitrogens with one attached hydrogen (secondary N) is 1. The van der Waals surface area contributed by atoms with Gasteiger partial charge in [-0.15, -0.1) is 4.72 Å². The van der Waals surface area contributed by atoms with Gasteiger partial charge in [-0.1, -0.05) is 12.1 Å². The molecule has 4 nitrogen and oxygen atoms in total. The van der Waals surface area contributed by atoms with Crippen LogP contribution in [-0.2, 0) is 11.4 Å². The number of hydrogen-bond acceptors (Lipinski definition) is 4. The van der Waals surface area contributed by atoms with Crippen LogP contribution in [0.2, 0.25) is 0 Å². The second-order valence-electron chi connectivity index (χ2n) is 5.92. The molecule has 5 heteroatoms. The maximum atomic E-state index is 12.1. The summed E-state index contributed by atoms with van der Waals surface area (Å²) in [5, 5.41) is 10.5. The van der Waals surface area contributed by atoms with Gasteiger partial charge in [0.2, 0.25) is 0 Å². The molecular formula is C15H21NO3S. The highest BCUT2D eigenvalue weighted by Gasteiger charge is 2.30. The lowest BCUT2D eigenvalue weighted by Gasteiger charge is -2.26. The summed E-state index contributed by atoms with van der Waals surface area (Å²) >= 11 is -1.26. The Balaban J connectivity index is 2.25. The largest absolute Gasteiger partial charge is 0.598 e. The normalized spacial score (nSPS) is 15.5. The molecular weight excluding hydrogens is 274 g/mol. The fourth-order valence-corrected chi connectivity index (χ4v) is 2.62. The summed E-state index contributed by atoms with van der Waals surface area (Å²) in [6, 6.07) is 7.35. The molecule has 0 amide bonds. The summed E-state index contributed by atoms with van der Waals surface area (Å²) < 4.78 is 20.4. The lowest BCUT2D eigenvalue weighted by molar-refractivity contribution is 0.243. The van der Waals surface area contributed by atoms with Crippen molar-refractivity contribution in [2.75, 3.05) is 6.61 Å². The topological polar surface area (TPSA) is 68.5 Å². The Hall–Kier alpha value is -1.01. The van der Waals surface area contributed by atoms with E-state index in [2.05, 4.69) is 4.72 Å². The highest BCUT2D eigenvalue weighted by Crippen LogP contribution is 2.26. The van der Waals surface area contributed by atoms with Crippen molar-refractivity contribution in [2.45, 2.75) is 38.5 Å². The van der Waals surface area contributed by atoms with Crippen LogP contribution in [0.1, 0.15) is 38.1 Å². The number of rotatable bonds is 4. The molecule has 0 aliphatic heterocycles. The molecule has 1 unspecified atom stereocenters. The van der Waals surface area contributed by atoms with Crippen LogP contribution in [0.25, 0.3) is 11.0 Å². The van der Waals surface area contributed by atoms with E-state index >= 15 is 0 Å². The van der Waals surface area contributed by atoms with Gasteiger partial charge in [-0.3, -0.25) is 0 Å². The van der Waals surface area contributed by atoms with Crippen molar-refractivity contribution in [3.8, 4) is 0 Å². The SMILES string of the molecule is Cc1ccc2cc([C@@H](CO)N[S+]([O-])C(C)(C)C)oc2c1. The molecule has 2 N–H and O–H groups in total. The Bertz CT molecular complexity index is 588. The molecule has 0 aliphatic rings. The first-order valence-corrected chi connectivity index (χ1v) is 7.75. The number of aliphatic hydroxyl groups excluding tert-OH is 1. The summed E-state index contributed by atoms with van der Waals surface area (Å²) in [4.78, 5) is 0. The Morgan fingerprint density at radius 3 is 2.65 bits per heavy atom. The molecule has 110 valence electrons. The van der Waals surface area contributed by atoms with Gasteiger partial charge in [0.05, 0.1) is 6.61 Å². The van der Waals surface area contributed by atoms with Gasteiger partial charge < -0.3 is 14.1 Å². The second-order valence-corrected chi connectivity index (χ2v) is 7.92. The molecule has 0 radical (unpaired) electrons. The van der Waals surface area contributed by atoms with Gasteiger partial charge in [0.1, 0.15) is 22.1 Å². The average molecular weight is 295 g/mol. The van der Waals surface area contributed by atoms with Crippen LogP contribution in [0.5, 0.6) is 0 Å². The van der Waals surface area contributed by atoms with Gasteiger partial charge in [-0.25, -0.2) is 0 Å². The fraction of sp³-hybridized carbons (Fsp3) is 0.467. The molecule has 2 rings (SSSR count). The van der Waals surface area contributed by atoms with Crippen LogP contribution in [0.4, 0.5) is 0 Å². The Morgan fingerprint density at radius 1 is 1.35 bits per heavy atom. The molecule has 1 aromatic heterocycles. The van der Waals surface area contributed by atoms with Crippen LogP contribution < -0.4 is 4.72 Å². The summed E-state index contributed by atoms with van der Waals surface area (Å²) in [6.07, 6.45) is 0. The quantitative estimate of drug-likeness (QED) is 0.851. The maximum absolute atomic E-state index is 12.1.